The summed E-state index contributed by atoms with van der Waals surface area (Å²) in [5, 5.41) is 12.5. The van der Waals surface area contributed by atoms with E-state index in [4.69, 9.17) is 10.5 Å². The molecule has 0 aliphatic heterocycles. The molecule has 0 aliphatic carbocycles. The summed E-state index contributed by atoms with van der Waals surface area (Å²) >= 11 is 3.23. The molecule has 0 saturated heterocycles. The summed E-state index contributed by atoms with van der Waals surface area (Å²) in [7, 11) is 1.55. The number of nitrogens with one attached hydrogen (secondary N) is 1. The van der Waals surface area contributed by atoms with Crippen LogP contribution < -0.4 is 15.8 Å². The number of carbonyl (C=O) groups excluding carboxylic acids is 1. The van der Waals surface area contributed by atoms with Crippen molar-refractivity contribution in [2.45, 2.75) is 6.54 Å². The van der Waals surface area contributed by atoms with Crippen molar-refractivity contribution < 1.29 is 14.6 Å². The number of benzene rings is 2. The molecule has 0 bridgehead atoms. The van der Waals surface area contributed by atoms with Gasteiger partial charge in [-0.3, -0.25) is 4.79 Å². The predicted octanol–water partition coefficient (Wildman–Crippen LogP) is 2.68. The number of phenols is 1. The van der Waals surface area contributed by atoms with Crippen molar-refractivity contribution in [1.82, 2.24) is 5.32 Å². The van der Waals surface area contributed by atoms with Crippen LogP contribution in [-0.2, 0) is 6.54 Å². The molecule has 0 unspecified atom stereocenters. The van der Waals surface area contributed by atoms with Gasteiger partial charge in [0, 0.05) is 22.3 Å². The quantitative estimate of drug-likeness (QED) is 0.740. The highest BCUT2D eigenvalue weighted by Crippen LogP contribution is 2.23. The van der Waals surface area contributed by atoms with Gasteiger partial charge in [-0.05, 0) is 36.4 Å². The number of aromatic hydroxyl groups is 1. The van der Waals surface area contributed by atoms with E-state index in [-0.39, 0.29) is 23.8 Å². The Morgan fingerprint density at radius 2 is 2.10 bits per heavy atom. The van der Waals surface area contributed by atoms with Crippen molar-refractivity contribution in [2.24, 2.45) is 0 Å². The van der Waals surface area contributed by atoms with Gasteiger partial charge < -0.3 is 20.9 Å². The fourth-order valence-electron chi connectivity index (χ4n) is 1.90. The van der Waals surface area contributed by atoms with Crippen LogP contribution in [-0.4, -0.2) is 18.1 Å². The number of hydrogen-bond acceptors (Lipinski definition) is 4. The molecule has 0 saturated carbocycles. The number of halogens is 1. The number of phenolic OH excluding ortho intramolecular Hbond substituents is 1. The Bertz CT molecular complexity index is 674. The van der Waals surface area contributed by atoms with Crippen LogP contribution in [0, 0.1) is 0 Å². The molecule has 5 nitrogen and oxygen atoms in total. The third kappa shape index (κ3) is 3.66. The molecule has 1 amide bonds. The minimum absolute atomic E-state index is 0.0820. The number of nitrogens with two attached hydrogens (primary N) is 1. The summed E-state index contributed by atoms with van der Waals surface area (Å²) in [6.45, 7) is 0.253. The van der Waals surface area contributed by atoms with Gasteiger partial charge in [0.05, 0.1) is 12.7 Å². The van der Waals surface area contributed by atoms with Crippen molar-refractivity contribution in [1.29, 1.82) is 0 Å². The Balaban J connectivity index is 2.12. The lowest BCUT2D eigenvalue weighted by Crippen LogP contribution is -2.23. The van der Waals surface area contributed by atoms with Crippen LogP contribution in [0.4, 0.5) is 5.69 Å². The van der Waals surface area contributed by atoms with Gasteiger partial charge in [-0.15, -0.1) is 0 Å². The molecule has 0 fully saturated rings. The Hall–Kier alpha value is -2.21. The van der Waals surface area contributed by atoms with Crippen LogP contribution in [0.15, 0.2) is 40.9 Å². The number of amides is 1. The lowest BCUT2D eigenvalue weighted by atomic mass is 10.1. The number of anilines is 1. The van der Waals surface area contributed by atoms with E-state index in [1.165, 1.54) is 6.07 Å². The zero-order chi connectivity index (χ0) is 15.4. The van der Waals surface area contributed by atoms with Crippen LogP contribution in [0.2, 0.25) is 0 Å². The Morgan fingerprint density at radius 3 is 2.76 bits per heavy atom. The lowest BCUT2D eigenvalue weighted by molar-refractivity contribution is 0.0948. The minimum atomic E-state index is -0.371. The molecular formula is C15H15BrN2O3. The van der Waals surface area contributed by atoms with Crippen molar-refractivity contribution in [2.75, 3.05) is 12.8 Å². The topological polar surface area (TPSA) is 84.6 Å². The first-order valence-corrected chi connectivity index (χ1v) is 6.99. The molecule has 0 atom stereocenters. The molecule has 0 spiro atoms. The summed E-state index contributed by atoms with van der Waals surface area (Å²) in [5.41, 5.74) is 7.29. The number of carbonyl (C=O) groups is 1. The fourth-order valence-corrected chi connectivity index (χ4v) is 2.25. The largest absolute Gasteiger partial charge is 0.507 e. The monoisotopic (exact) mass is 350 g/mol. The highest BCUT2D eigenvalue weighted by Gasteiger charge is 2.12. The third-order valence-electron chi connectivity index (χ3n) is 2.95. The van der Waals surface area contributed by atoms with Gasteiger partial charge in [-0.25, -0.2) is 0 Å². The summed E-state index contributed by atoms with van der Waals surface area (Å²) in [5.74, 6) is 0.190. The average molecular weight is 351 g/mol. The molecular weight excluding hydrogens is 336 g/mol. The molecule has 2 aromatic carbocycles. The number of ether oxygens (including phenoxy) is 1. The highest BCUT2D eigenvalue weighted by atomic mass is 79.9. The zero-order valence-corrected chi connectivity index (χ0v) is 13.0. The molecule has 110 valence electrons. The maximum absolute atomic E-state index is 12.1. The predicted molar refractivity (Wildman–Crippen MR) is 84.4 cm³/mol. The normalized spacial score (nSPS) is 10.2. The van der Waals surface area contributed by atoms with Gasteiger partial charge in [0.25, 0.3) is 5.91 Å². The molecule has 2 aromatic rings. The summed E-state index contributed by atoms with van der Waals surface area (Å²) < 4.78 is 5.92. The number of rotatable bonds is 4. The third-order valence-corrected chi connectivity index (χ3v) is 3.44. The van der Waals surface area contributed by atoms with Crippen LogP contribution in [0.1, 0.15) is 15.9 Å². The first-order valence-electron chi connectivity index (χ1n) is 6.20. The van der Waals surface area contributed by atoms with E-state index >= 15 is 0 Å². The molecule has 0 aliphatic rings. The Morgan fingerprint density at radius 1 is 1.33 bits per heavy atom. The Kier molecular flexibility index (Phi) is 4.70. The van der Waals surface area contributed by atoms with Crippen LogP contribution >= 0.6 is 15.9 Å². The minimum Gasteiger partial charge on any atom is -0.507 e. The highest BCUT2D eigenvalue weighted by molar-refractivity contribution is 9.10. The molecule has 6 heteroatoms. The van der Waals surface area contributed by atoms with E-state index in [1.54, 1.807) is 37.4 Å². The van der Waals surface area contributed by atoms with E-state index in [9.17, 15) is 9.90 Å². The second-order valence-electron chi connectivity index (χ2n) is 4.42. The Labute approximate surface area is 130 Å². The summed E-state index contributed by atoms with van der Waals surface area (Å²) in [6, 6.07) is 9.91. The van der Waals surface area contributed by atoms with Gasteiger partial charge >= 0.3 is 0 Å². The van der Waals surface area contributed by atoms with Gasteiger partial charge in [0.1, 0.15) is 11.5 Å². The van der Waals surface area contributed by atoms with E-state index in [2.05, 4.69) is 21.2 Å². The van der Waals surface area contributed by atoms with Gasteiger partial charge in [-0.2, -0.15) is 0 Å². The summed E-state index contributed by atoms with van der Waals surface area (Å²) in [6.07, 6.45) is 0. The number of hydrogen-bond donors (Lipinski definition) is 3. The number of methoxy groups -OCH3 is 1. The standard InChI is InChI=1S/C15H15BrN2O3/c1-21-14-5-3-11(17)6-9(14)8-18-15(20)12-4-2-10(16)7-13(12)19/h2-7,19H,8,17H2,1H3,(H,18,20). The van der Waals surface area contributed by atoms with Crippen molar-refractivity contribution in [3.05, 3.63) is 52.0 Å². The second-order valence-corrected chi connectivity index (χ2v) is 5.33. The molecule has 2 rings (SSSR count). The maximum Gasteiger partial charge on any atom is 0.255 e. The summed E-state index contributed by atoms with van der Waals surface area (Å²) in [4.78, 5) is 12.1. The van der Waals surface area contributed by atoms with Gasteiger partial charge in [0.15, 0.2) is 0 Å². The molecule has 0 heterocycles. The first kappa shape index (κ1) is 15.2. The second kappa shape index (κ2) is 6.49. The van der Waals surface area contributed by atoms with Crippen LogP contribution in [0.3, 0.4) is 0 Å². The molecule has 0 radical (unpaired) electrons. The lowest BCUT2D eigenvalue weighted by Gasteiger charge is -2.11. The number of nitrogen functional groups attached to an aromatic ring is 1. The van der Waals surface area contributed by atoms with Crippen LogP contribution in [0.25, 0.3) is 0 Å². The van der Waals surface area contributed by atoms with E-state index < -0.39 is 0 Å². The van der Waals surface area contributed by atoms with Crippen LogP contribution in [0.5, 0.6) is 11.5 Å². The van der Waals surface area contributed by atoms with Gasteiger partial charge in [0.2, 0.25) is 0 Å². The van der Waals surface area contributed by atoms with Gasteiger partial charge in [-0.1, -0.05) is 15.9 Å². The molecule has 0 aromatic heterocycles. The average Bonchev–Trinajstić information content (AvgIpc) is 2.45. The fraction of sp³-hybridized carbons (Fsp3) is 0.133. The first-order chi connectivity index (χ1) is 10.0. The molecule has 21 heavy (non-hydrogen) atoms. The smallest absolute Gasteiger partial charge is 0.255 e. The molecule has 4 N–H and O–H groups in total. The van der Waals surface area contributed by atoms with Crippen molar-refractivity contribution in [3.63, 3.8) is 0 Å². The van der Waals surface area contributed by atoms with E-state index in [1.807, 2.05) is 0 Å². The maximum atomic E-state index is 12.1. The van der Waals surface area contributed by atoms with Crippen molar-refractivity contribution >= 4 is 27.5 Å². The van der Waals surface area contributed by atoms with Crippen molar-refractivity contribution in [3.8, 4) is 11.5 Å². The van der Waals surface area contributed by atoms with E-state index in [0.29, 0.717) is 15.9 Å². The van der Waals surface area contributed by atoms with E-state index in [0.717, 1.165) is 5.56 Å². The SMILES string of the molecule is COc1ccc(N)cc1CNC(=O)c1ccc(Br)cc1O. The zero-order valence-electron chi connectivity index (χ0n) is 11.4.